The van der Waals surface area contributed by atoms with Gasteiger partial charge in [-0.2, -0.15) is 0 Å². The van der Waals surface area contributed by atoms with Crippen molar-refractivity contribution in [2.75, 3.05) is 0 Å². The van der Waals surface area contributed by atoms with Gasteiger partial charge in [0.05, 0.1) is 10.6 Å². The summed E-state index contributed by atoms with van der Waals surface area (Å²) in [5.74, 6) is 0. The Bertz CT molecular complexity index is 301. The predicted molar refractivity (Wildman–Crippen MR) is 43.3 cm³/mol. The number of rotatable bonds is 1. The SMILES string of the molecule is Cc1nccc([N+](=O)[O-])c1Br. The molecule has 0 fully saturated rings. The first kappa shape index (κ1) is 8.13. The number of nitro groups is 1. The van der Waals surface area contributed by atoms with Crippen molar-refractivity contribution in [2.24, 2.45) is 0 Å². The predicted octanol–water partition coefficient (Wildman–Crippen LogP) is 2.06. The van der Waals surface area contributed by atoms with Gasteiger partial charge in [0.25, 0.3) is 5.69 Å². The normalized spacial score (nSPS) is 9.64. The summed E-state index contributed by atoms with van der Waals surface area (Å²) >= 11 is 3.08. The van der Waals surface area contributed by atoms with Crippen LogP contribution in [0.3, 0.4) is 0 Å². The van der Waals surface area contributed by atoms with Gasteiger partial charge in [-0.1, -0.05) is 0 Å². The summed E-state index contributed by atoms with van der Waals surface area (Å²) in [5.41, 5.74) is 0.678. The zero-order chi connectivity index (χ0) is 8.43. The van der Waals surface area contributed by atoms with E-state index < -0.39 is 4.92 Å². The summed E-state index contributed by atoms with van der Waals surface area (Å²) in [6.07, 6.45) is 1.41. The maximum atomic E-state index is 10.3. The third kappa shape index (κ3) is 1.54. The Morgan fingerprint density at radius 3 is 2.82 bits per heavy atom. The summed E-state index contributed by atoms with van der Waals surface area (Å²) < 4.78 is 0.449. The Kier molecular flexibility index (Phi) is 2.19. The van der Waals surface area contributed by atoms with Gasteiger partial charge in [0.1, 0.15) is 4.47 Å². The van der Waals surface area contributed by atoms with Gasteiger partial charge in [0.15, 0.2) is 0 Å². The van der Waals surface area contributed by atoms with E-state index >= 15 is 0 Å². The molecule has 0 saturated heterocycles. The molecule has 0 bridgehead atoms. The van der Waals surface area contributed by atoms with Crippen molar-refractivity contribution in [1.29, 1.82) is 0 Å². The van der Waals surface area contributed by atoms with Crippen LogP contribution in [0.15, 0.2) is 16.7 Å². The molecular formula is C6H5BrN2O2. The molecule has 0 amide bonds. The van der Waals surface area contributed by atoms with E-state index in [9.17, 15) is 10.1 Å². The summed E-state index contributed by atoms with van der Waals surface area (Å²) in [5, 5.41) is 10.3. The number of hydrogen-bond donors (Lipinski definition) is 0. The average molecular weight is 217 g/mol. The van der Waals surface area contributed by atoms with Crippen LogP contribution in [0.1, 0.15) is 5.69 Å². The van der Waals surface area contributed by atoms with E-state index in [1.54, 1.807) is 6.92 Å². The zero-order valence-corrected chi connectivity index (χ0v) is 7.33. The second-order valence-corrected chi connectivity index (χ2v) is 2.78. The summed E-state index contributed by atoms with van der Waals surface area (Å²) in [6, 6.07) is 1.36. The van der Waals surface area contributed by atoms with Crippen molar-refractivity contribution in [3.05, 3.63) is 32.5 Å². The largest absolute Gasteiger partial charge is 0.286 e. The quantitative estimate of drug-likeness (QED) is 0.534. The van der Waals surface area contributed by atoms with Crippen LogP contribution in [0.25, 0.3) is 0 Å². The molecule has 0 radical (unpaired) electrons. The molecule has 1 rings (SSSR count). The minimum atomic E-state index is -0.446. The molecule has 1 aromatic rings. The second kappa shape index (κ2) is 2.96. The minimum Gasteiger partial charge on any atom is -0.260 e. The van der Waals surface area contributed by atoms with E-state index in [0.29, 0.717) is 10.2 Å². The Morgan fingerprint density at radius 1 is 1.73 bits per heavy atom. The fourth-order valence-electron chi connectivity index (χ4n) is 0.676. The van der Waals surface area contributed by atoms with E-state index in [-0.39, 0.29) is 5.69 Å². The van der Waals surface area contributed by atoms with Crippen molar-refractivity contribution >= 4 is 21.6 Å². The zero-order valence-electron chi connectivity index (χ0n) is 5.74. The molecule has 0 aliphatic carbocycles. The molecule has 4 nitrogen and oxygen atoms in total. The van der Waals surface area contributed by atoms with Crippen LogP contribution < -0.4 is 0 Å². The molecular weight excluding hydrogens is 212 g/mol. The summed E-state index contributed by atoms with van der Waals surface area (Å²) in [7, 11) is 0. The molecule has 58 valence electrons. The maximum absolute atomic E-state index is 10.3. The fourth-order valence-corrected chi connectivity index (χ4v) is 1.06. The smallest absolute Gasteiger partial charge is 0.260 e. The highest BCUT2D eigenvalue weighted by atomic mass is 79.9. The average Bonchev–Trinajstić information content (AvgIpc) is 1.94. The lowest BCUT2D eigenvalue weighted by molar-refractivity contribution is -0.385. The van der Waals surface area contributed by atoms with Crippen molar-refractivity contribution in [3.8, 4) is 0 Å². The third-order valence-electron chi connectivity index (χ3n) is 1.24. The van der Waals surface area contributed by atoms with Crippen molar-refractivity contribution in [2.45, 2.75) is 6.92 Å². The van der Waals surface area contributed by atoms with Gasteiger partial charge in [-0.25, -0.2) is 0 Å². The van der Waals surface area contributed by atoms with E-state index in [2.05, 4.69) is 20.9 Å². The van der Waals surface area contributed by atoms with Crippen molar-refractivity contribution in [1.82, 2.24) is 4.98 Å². The van der Waals surface area contributed by atoms with Gasteiger partial charge in [0.2, 0.25) is 0 Å². The Balaban J connectivity index is 3.27. The van der Waals surface area contributed by atoms with Crippen LogP contribution in [-0.2, 0) is 0 Å². The first-order valence-corrected chi connectivity index (χ1v) is 3.67. The van der Waals surface area contributed by atoms with E-state index in [1.165, 1.54) is 12.3 Å². The first-order chi connectivity index (χ1) is 5.13. The monoisotopic (exact) mass is 216 g/mol. The van der Waals surface area contributed by atoms with Crippen LogP contribution in [0.4, 0.5) is 5.69 Å². The molecule has 0 N–H and O–H groups in total. The van der Waals surface area contributed by atoms with Gasteiger partial charge >= 0.3 is 0 Å². The highest BCUT2D eigenvalue weighted by molar-refractivity contribution is 9.10. The van der Waals surface area contributed by atoms with Crippen LogP contribution in [0.5, 0.6) is 0 Å². The number of hydrogen-bond acceptors (Lipinski definition) is 3. The van der Waals surface area contributed by atoms with Crippen LogP contribution in [0.2, 0.25) is 0 Å². The van der Waals surface area contributed by atoms with Gasteiger partial charge in [0, 0.05) is 12.3 Å². The lowest BCUT2D eigenvalue weighted by Gasteiger charge is -1.96. The van der Waals surface area contributed by atoms with E-state index in [4.69, 9.17) is 0 Å². The van der Waals surface area contributed by atoms with Gasteiger partial charge in [-0.3, -0.25) is 15.1 Å². The van der Waals surface area contributed by atoms with Crippen LogP contribution in [-0.4, -0.2) is 9.91 Å². The second-order valence-electron chi connectivity index (χ2n) is 1.99. The van der Waals surface area contributed by atoms with E-state index in [0.717, 1.165) is 0 Å². The molecule has 0 saturated carbocycles. The fraction of sp³-hybridized carbons (Fsp3) is 0.167. The lowest BCUT2D eigenvalue weighted by atomic mass is 10.3. The molecule has 0 unspecified atom stereocenters. The maximum Gasteiger partial charge on any atom is 0.286 e. The molecule has 5 heteroatoms. The lowest BCUT2D eigenvalue weighted by Crippen LogP contribution is -1.92. The summed E-state index contributed by atoms with van der Waals surface area (Å²) in [4.78, 5) is 13.7. The highest BCUT2D eigenvalue weighted by Crippen LogP contribution is 2.25. The molecule has 0 aliphatic heterocycles. The van der Waals surface area contributed by atoms with Crippen molar-refractivity contribution < 1.29 is 4.92 Å². The molecule has 1 aromatic heterocycles. The summed E-state index contributed by atoms with van der Waals surface area (Å²) in [6.45, 7) is 1.71. The molecule has 0 spiro atoms. The number of aryl methyl sites for hydroxylation is 1. The van der Waals surface area contributed by atoms with Crippen molar-refractivity contribution in [3.63, 3.8) is 0 Å². The number of pyridine rings is 1. The Labute approximate surface area is 71.5 Å². The van der Waals surface area contributed by atoms with Gasteiger partial charge in [-0.05, 0) is 22.9 Å². The van der Waals surface area contributed by atoms with Crippen LogP contribution in [0, 0.1) is 17.0 Å². The molecule has 11 heavy (non-hydrogen) atoms. The van der Waals surface area contributed by atoms with E-state index in [1.807, 2.05) is 0 Å². The van der Waals surface area contributed by atoms with Gasteiger partial charge < -0.3 is 0 Å². The number of halogens is 1. The number of aromatic nitrogens is 1. The minimum absolute atomic E-state index is 0.0532. The number of nitrogens with zero attached hydrogens (tertiary/aromatic N) is 2. The molecule has 0 aliphatic rings. The first-order valence-electron chi connectivity index (χ1n) is 2.88. The molecule has 0 atom stereocenters. The Morgan fingerprint density at radius 2 is 2.36 bits per heavy atom. The Hall–Kier alpha value is -0.970. The van der Waals surface area contributed by atoms with Crippen LogP contribution >= 0.6 is 15.9 Å². The highest BCUT2D eigenvalue weighted by Gasteiger charge is 2.12. The molecule has 0 aromatic carbocycles. The van der Waals surface area contributed by atoms with Gasteiger partial charge in [-0.15, -0.1) is 0 Å². The standard InChI is InChI=1S/C6H5BrN2O2/c1-4-6(7)5(9(10)11)2-3-8-4/h2-3H,1H3. The topological polar surface area (TPSA) is 56.0 Å². The third-order valence-corrected chi connectivity index (χ3v) is 2.22. The molecule has 1 heterocycles.